The molecule has 6 nitrogen and oxygen atoms in total. The number of anilines is 1. The van der Waals surface area contributed by atoms with Crippen LogP contribution < -0.4 is 5.32 Å². The first-order chi connectivity index (χ1) is 11.5. The number of carbonyl (C=O) groups is 2. The van der Waals surface area contributed by atoms with Crippen molar-refractivity contribution in [3.8, 4) is 6.07 Å². The second-order valence-corrected chi connectivity index (χ2v) is 5.35. The number of aryl methyl sites for hydroxylation is 1. The molecule has 2 rings (SSSR count). The molecule has 0 fully saturated rings. The van der Waals surface area contributed by atoms with Gasteiger partial charge in [0.1, 0.15) is 0 Å². The third-order valence-corrected chi connectivity index (χ3v) is 3.72. The van der Waals surface area contributed by atoms with E-state index in [1.807, 2.05) is 31.4 Å². The van der Waals surface area contributed by atoms with Crippen LogP contribution in [0.2, 0.25) is 0 Å². The minimum atomic E-state index is -0.524. The van der Waals surface area contributed by atoms with Crippen molar-refractivity contribution in [1.29, 1.82) is 5.26 Å². The molecule has 0 aliphatic carbocycles. The molecule has 6 heteroatoms. The zero-order valence-corrected chi connectivity index (χ0v) is 13.9. The van der Waals surface area contributed by atoms with Crippen molar-refractivity contribution < 1.29 is 14.3 Å². The van der Waals surface area contributed by atoms with Crippen LogP contribution in [0.4, 0.5) is 5.69 Å². The van der Waals surface area contributed by atoms with Gasteiger partial charge in [0.15, 0.2) is 6.61 Å². The van der Waals surface area contributed by atoms with Gasteiger partial charge < -0.3 is 14.6 Å². The maximum Gasteiger partial charge on any atom is 0.340 e. The van der Waals surface area contributed by atoms with Gasteiger partial charge in [0, 0.05) is 23.6 Å². The smallest absolute Gasteiger partial charge is 0.340 e. The molecule has 1 aromatic heterocycles. The zero-order valence-electron chi connectivity index (χ0n) is 13.9. The summed E-state index contributed by atoms with van der Waals surface area (Å²) in [6, 6.07) is 10.3. The molecule has 0 aliphatic heterocycles. The number of amides is 1. The number of aromatic nitrogens is 1. The van der Waals surface area contributed by atoms with Gasteiger partial charge in [-0.25, -0.2) is 4.79 Å². The fraction of sp³-hybridized carbons (Fsp3) is 0.278. The Bertz CT molecular complexity index is 815. The average Bonchev–Trinajstić information content (AvgIpc) is 2.86. The minimum absolute atomic E-state index is 0.384. The van der Waals surface area contributed by atoms with E-state index in [1.165, 1.54) is 0 Å². The Labute approximate surface area is 140 Å². The van der Waals surface area contributed by atoms with Crippen molar-refractivity contribution in [3.05, 3.63) is 52.8 Å². The molecular weight excluding hydrogens is 306 g/mol. The maximum atomic E-state index is 12.1. The Morgan fingerprint density at radius 1 is 1.29 bits per heavy atom. The van der Waals surface area contributed by atoms with Crippen LogP contribution in [0.5, 0.6) is 0 Å². The van der Waals surface area contributed by atoms with Crippen LogP contribution in [-0.2, 0) is 16.1 Å². The summed E-state index contributed by atoms with van der Waals surface area (Å²) < 4.78 is 7.09. The lowest BCUT2D eigenvalue weighted by Gasteiger charge is -2.08. The van der Waals surface area contributed by atoms with Crippen LogP contribution >= 0.6 is 0 Å². The number of esters is 1. The lowest BCUT2D eigenvalue weighted by atomic mass is 10.2. The van der Waals surface area contributed by atoms with E-state index in [0.29, 0.717) is 16.8 Å². The number of hydrogen-bond donors (Lipinski definition) is 1. The Kier molecular flexibility index (Phi) is 5.38. The molecule has 2 aromatic rings. The van der Waals surface area contributed by atoms with Crippen molar-refractivity contribution in [1.82, 2.24) is 4.57 Å². The molecule has 24 heavy (non-hydrogen) atoms. The second-order valence-electron chi connectivity index (χ2n) is 5.35. The fourth-order valence-electron chi connectivity index (χ4n) is 2.57. The summed E-state index contributed by atoms with van der Waals surface area (Å²) >= 11 is 0. The van der Waals surface area contributed by atoms with E-state index in [-0.39, 0.29) is 6.61 Å². The van der Waals surface area contributed by atoms with E-state index in [1.54, 1.807) is 30.3 Å². The highest BCUT2D eigenvalue weighted by Gasteiger charge is 2.17. The normalized spacial score (nSPS) is 10.1. The number of nitrogens with zero attached hydrogens (tertiary/aromatic N) is 2. The van der Waals surface area contributed by atoms with Gasteiger partial charge in [-0.3, -0.25) is 4.79 Å². The highest BCUT2D eigenvalue weighted by Crippen LogP contribution is 2.16. The largest absolute Gasteiger partial charge is 0.452 e. The topological polar surface area (TPSA) is 84.1 Å². The molecule has 1 amide bonds. The fourth-order valence-corrected chi connectivity index (χ4v) is 2.57. The first kappa shape index (κ1) is 17.3. The van der Waals surface area contributed by atoms with Crippen molar-refractivity contribution in [2.45, 2.75) is 27.3 Å². The monoisotopic (exact) mass is 325 g/mol. The van der Waals surface area contributed by atoms with Gasteiger partial charge in [-0.2, -0.15) is 5.26 Å². The lowest BCUT2D eigenvalue weighted by molar-refractivity contribution is -0.119. The first-order valence-corrected chi connectivity index (χ1v) is 7.60. The van der Waals surface area contributed by atoms with E-state index in [4.69, 9.17) is 10.00 Å². The molecule has 0 unspecified atom stereocenters. The number of nitriles is 1. The predicted octanol–water partition coefficient (Wildman–Crippen LogP) is 2.79. The molecular formula is C18H19N3O3. The summed E-state index contributed by atoms with van der Waals surface area (Å²) in [6.07, 6.45) is 0. The highest BCUT2D eigenvalue weighted by molar-refractivity contribution is 5.96. The van der Waals surface area contributed by atoms with Gasteiger partial charge in [-0.15, -0.1) is 0 Å². The SMILES string of the molecule is CCn1c(C)cc(C(=O)OCC(=O)Nc2cccc(C#N)c2)c1C. The van der Waals surface area contributed by atoms with E-state index < -0.39 is 11.9 Å². The summed E-state index contributed by atoms with van der Waals surface area (Å²) in [5, 5.41) is 11.4. The average molecular weight is 325 g/mol. The molecule has 0 saturated carbocycles. The molecule has 0 radical (unpaired) electrons. The van der Waals surface area contributed by atoms with Crippen LogP contribution in [0, 0.1) is 25.2 Å². The van der Waals surface area contributed by atoms with E-state index in [0.717, 1.165) is 17.9 Å². The molecule has 0 atom stereocenters. The van der Waals surface area contributed by atoms with Gasteiger partial charge in [0.2, 0.25) is 0 Å². The number of nitrogens with one attached hydrogen (secondary N) is 1. The summed E-state index contributed by atoms with van der Waals surface area (Å²) in [4.78, 5) is 24.0. The number of ether oxygens (including phenoxy) is 1. The van der Waals surface area contributed by atoms with Crippen molar-refractivity contribution >= 4 is 17.6 Å². The van der Waals surface area contributed by atoms with Gasteiger partial charge in [0.05, 0.1) is 17.2 Å². The molecule has 1 aromatic carbocycles. The van der Waals surface area contributed by atoms with E-state index in [9.17, 15) is 9.59 Å². The molecule has 0 saturated heterocycles. The zero-order chi connectivity index (χ0) is 17.7. The lowest BCUT2D eigenvalue weighted by Crippen LogP contribution is -2.21. The highest BCUT2D eigenvalue weighted by atomic mass is 16.5. The summed E-state index contributed by atoms with van der Waals surface area (Å²) in [5.74, 6) is -0.980. The molecule has 0 bridgehead atoms. The molecule has 1 N–H and O–H groups in total. The van der Waals surface area contributed by atoms with E-state index >= 15 is 0 Å². The quantitative estimate of drug-likeness (QED) is 0.857. The standard InChI is InChI=1S/C18H19N3O3/c1-4-21-12(2)8-16(13(21)3)18(23)24-11-17(22)20-15-7-5-6-14(9-15)10-19/h5-9H,4,11H2,1-3H3,(H,20,22). The van der Waals surface area contributed by atoms with Crippen molar-refractivity contribution in [2.24, 2.45) is 0 Å². The number of rotatable bonds is 5. The second kappa shape index (κ2) is 7.47. The van der Waals surface area contributed by atoms with Gasteiger partial charge in [-0.05, 0) is 45.0 Å². The summed E-state index contributed by atoms with van der Waals surface area (Å²) in [5.41, 5.74) is 3.19. The third kappa shape index (κ3) is 3.82. The van der Waals surface area contributed by atoms with Crippen LogP contribution in [-0.4, -0.2) is 23.1 Å². The Balaban J connectivity index is 1.96. The maximum absolute atomic E-state index is 12.1. The van der Waals surface area contributed by atoms with Crippen molar-refractivity contribution in [2.75, 3.05) is 11.9 Å². The van der Waals surface area contributed by atoms with Gasteiger partial charge in [0.25, 0.3) is 5.91 Å². The Hall–Kier alpha value is -3.07. The van der Waals surface area contributed by atoms with Gasteiger partial charge in [-0.1, -0.05) is 6.07 Å². The minimum Gasteiger partial charge on any atom is -0.452 e. The number of carbonyl (C=O) groups excluding carboxylic acids is 2. The molecule has 124 valence electrons. The van der Waals surface area contributed by atoms with Crippen molar-refractivity contribution in [3.63, 3.8) is 0 Å². The van der Waals surface area contributed by atoms with E-state index in [2.05, 4.69) is 5.32 Å². The molecule has 0 spiro atoms. The third-order valence-electron chi connectivity index (χ3n) is 3.72. The van der Waals surface area contributed by atoms with Gasteiger partial charge >= 0.3 is 5.97 Å². The molecule has 0 aliphatic rings. The summed E-state index contributed by atoms with van der Waals surface area (Å²) in [7, 11) is 0. The number of benzene rings is 1. The Morgan fingerprint density at radius 3 is 2.67 bits per heavy atom. The van der Waals surface area contributed by atoms with Crippen LogP contribution in [0.1, 0.15) is 34.2 Å². The molecule has 1 heterocycles. The van der Waals surface area contributed by atoms with Crippen LogP contribution in [0.3, 0.4) is 0 Å². The summed E-state index contributed by atoms with van der Waals surface area (Å²) in [6.45, 7) is 6.15. The number of hydrogen-bond acceptors (Lipinski definition) is 4. The Morgan fingerprint density at radius 2 is 2.04 bits per heavy atom. The van der Waals surface area contributed by atoms with Crippen LogP contribution in [0.15, 0.2) is 30.3 Å². The predicted molar refractivity (Wildman–Crippen MR) is 89.6 cm³/mol. The van der Waals surface area contributed by atoms with Crippen LogP contribution in [0.25, 0.3) is 0 Å². The first-order valence-electron chi connectivity index (χ1n) is 7.60.